The topological polar surface area (TPSA) is 0 Å². The molecule has 0 unspecified atom stereocenters. The molecule has 2 heteroatoms. The Balaban J connectivity index is 2.18. The number of unbranched alkanes of at least 4 members (excludes halogenated alkanes) is 1. The molecule has 0 saturated heterocycles. The molecule has 93 valence electrons. The summed E-state index contributed by atoms with van der Waals surface area (Å²) in [6.07, 6.45) is 2.69. The van der Waals surface area contributed by atoms with Crippen molar-refractivity contribution in [3.05, 3.63) is 60.7 Å². The summed E-state index contributed by atoms with van der Waals surface area (Å²) in [5.74, 6) is 0. The van der Waals surface area contributed by atoms with Crippen molar-refractivity contribution in [2.45, 2.75) is 18.9 Å². The Morgan fingerprint density at radius 3 is 1.67 bits per heavy atom. The van der Waals surface area contributed by atoms with Crippen LogP contribution in [0.25, 0.3) is 0 Å². The zero-order chi connectivity index (χ0) is 12.6. The van der Waals surface area contributed by atoms with Crippen LogP contribution in [0.5, 0.6) is 0 Å². The molecule has 0 spiro atoms. The van der Waals surface area contributed by atoms with E-state index in [1.54, 1.807) is 10.4 Å². The molecule has 0 N–H and O–H groups in total. The summed E-state index contributed by atoms with van der Waals surface area (Å²) in [5, 5.41) is 3.09. The maximum absolute atomic E-state index is 2.47. The first-order valence-corrected chi connectivity index (χ1v) is 9.67. The summed E-state index contributed by atoms with van der Waals surface area (Å²) >= 11 is 2.47. The highest BCUT2D eigenvalue weighted by molar-refractivity contribution is 14.1. The number of alkyl halides is 1. The van der Waals surface area contributed by atoms with Crippen LogP contribution < -0.4 is 10.4 Å². The molecule has 0 amide bonds. The molecule has 2 aromatic rings. The van der Waals surface area contributed by atoms with Crippen molar-refractivity contribution in [1.29, 1.82) is 0 Å². The van der Waals surface area contributed by atoms with Crippen LogP contribution >= 0.6 is 22.6 Å². The van der Waals surface area contributed by atoms with Crippen LogP contribution in [0.4, 0.5) is 0 Å². The largest absolute Gasteiger partial charge is 0.121 e. The van der Waals surface area contributed by atoms with E-state index in [1.807, 2.05) is 0 Å². The predicted octanol–water partition coefficient (Wildman–Crippen LogP) is 3.51. The first kappa shape index (κ1) is 13.8. The Morgan fingerprint density at radius 2 is 1.22 bits per heavy atom. The van der Waals surface area contributed by atoms with Gasteiger partial charge in [-0.1, -0.05) is 106 Å². The third-order valence-corrected chi connectivity index (χ3v) is 6.73. The van der Waals surface area contributed by atoms with E-state index in [0.717, 1.165) is 0 Å². The molecule has 0 aliphatic carbocycles. The molecule has 0 nitrogen and oxygen atoms in total. The maximum atomic E-state index is 2.47. The summed E-state index contributed by atoms with van der Waals surface area (Å²) in [6, 6.07) is 23.4. The molecule has 0 aliphatic heterocycles. The lowest BCUT2D eigenvalue weighted by molar-refractivity contribution is 0.899. The molecule has 2 aromatic carbocycles. The number of hydrogen-bond donors (Lipinski definition) is 0. The van der Waals surface area contributed by atoms with Crippen LogP contribution in [0.1, 0.15) is 12.8 Å². The highest BCUT2D eigenvalue weighted by atomic mass is 127. The first-order chi connectivity index (χ1) is 8.92. The normalized spacial score (nSPS) is 10.8. The molecule has 1 radical (unpaired) electrons. The third kappa shape index (κ3) is 3.95. The predicted molar refractivity (Wildman–Crippen MR) is 90.8 cm³/mol. The fraction of sp³-hybridized carbons (Fsp3) is 0.250. The fourth-order valence-corrected chi connectivity index (χ4v) is 5.37. The first-order valence-electron chi connectivity index (χ1n) is 6.44. The van der Waals surface area contributed by atoms with Gasteiger partial charge >= 0.3 is 0 Å². The van der Waals surface area contributed by atoms with Gasteiger partial charge in [-0.15, -0.1) is 0 Å². The number of benzene rings is 2. The zero-order valence-corrected chi connectivity index (χ0v) is 13.6. The van der Waals surface area contributed by atoms with Gasteiger partial charge in [-0.2, -0.15) is 0 Å². The van der Waals surface area contributed by atoms with E-state index in [2.05, 4.69) is 83.3 Å². The van der Waals surface area contributed by atoms with Crippen LogP contribution in [0, 0.1) is 0 Å². The molecular weight excluding hydrogens is 347 g/mol. The van der Waals surface area contributed by atoms with Gasteiger partial charge in [-0.05, 0) is 10.8 Å². The maximum Gasteiger partial charge on any atom is 0.121 e. The van der Waals surface area contributed by atoms with Gasteiger partial charge in [0.15, 0.2) is 0 Å². The molecule has 18 heavy (non-hydrogen) atoms. The van der Waals surface area contributed by atoms with Crippen molar-refractivity contribution < 1.29 is 0 Å². The van der Waals surface area contributed by atoms with Crippen LogP contribution in [0.15, 0.2) is 60.7 Å². The average molecular weight is 365 g/mol. The summed E-state index contributed by atoms with van der Waals surface area (Å²) in [6.45, 7) is 0. The minimum Gasteiger partial charge on any atom is -0.0864 e. The molecule has 0 aromatic heterocycles. The molecule has 0 saturated carbocycles. The smallest absolute Gasteiger partial charge is 0.0864 e. The van der Waals surface area contributed by atoms with Crippen molar-refractivity contribution in [3.8, 4) is 0 Å². The zero-order valence-electron chi connectivity index (χ0n) is 10.5. The van der Waals surface area contributed by atoms with Crippen LogP contribution in [0.2, 0.25) is 6.04 Å². The Morgan fingerprint density at radius 1 is 0.722 bits per heavy atom. The molecule has 2 rings (SSSR count). The van der Waals surface area contributed by atoms with Gasteiger partial charge in [0.1, 0.15) is 8.80 Å². The van der Waals surface area contributed by atoms with E-state index >= 15 is 0 Å². The monoisotopic (exact) mass is 365 g/mol. The van der Waals surface area contributed by atoms with Gasteiger partial charge in [0.2, 0.25) is 0 Å². The number of hydrogen-bond acceptors (Lipinski definition) is 0. The lowest BCUT2D eigenvalue weighted by atomic mass is 10.4. The lowest BCUT2D eigenvalue weighted by Crippen LogP contribution is -2.41. The fourth-order valence-electron chi connectivity index (χ4n) is 2.13. The van der Waals surface area contributed by atoms with E-state index in [-0.39, 0.29) is 0 Å². The highest BCUT2D eigenvalue weighted by Gasteiger charge is 2.15. The lowest BCUT2D eigenvalue weighted by Gasteiger charge is -2.15. The van der Waals surface area contributed by atoms with E-state index < -0.39 is 8.80 Å². The van der Waals surface area contributed by atoms with E-state index in [1.165, 1.54) is 23.3 Å². The second kappa shape index (κ2) is 7.74. The SMILES string of the molecule is ICCCC[Si](c1ccccc1)c1ccccc1. The number of rotatable bonds is 6. The van der Waals surface area contributed by atoms with E-state index in [9.17, 15) is 0 Å². The van der Waals surface area contributed by atoms with Gasteiger partial charge in [0.05, 0.1) is 0 Å². The molecule has 0 aliphatic rings. The van der Waals surface area contributed by atoms with Crippen molar-refractivity contribution in [1.82, 2.24) is 0 Å². The van der Waals surface area contributed by atoms with E-state index in [4.69, 9.17) is 0 Å². The van der Waals surface area contributed by atoms with Crippen molar-refractivity contribution >= 4 is 41.8 Å². The van der Waals surface area contributed by atoms with E-state index in [0.29, 0.717) is 0 Å². The van der Waals surface area contributed by atoms with Crippen LogP contribution in [-0.4, -0.2) is 13.2 Å². The van der Waals surface area contributed by atoms with Crippen LogP contribution in [0.3, 0.4) is 0 Å². The minimum atomic E-state index is -0.576. The summed E-state index contributed by atoms with van der Waals surface area (Å²) in [5.41, 5.74) is 0. The standard InChI is InChI=1S/C16H18ISi/c17-13-7-8-14-18(15-9-3-1-4-10-15)16-11-5-2-6-12-16/h1-6,9-12H,7-8,13-14H2. The van der Waals surface area contributed by atoms with Gasteiger partial charge in [0, 0.05) is 0 Å². The summed E-state index contributed by atoms with van der Waals surface area (Å²) < 4.78 is 1.27. The molecule has 0 heterocycles. The third-order valence-electron chi connectivity index (χ3n) is 3.05. The minimum absolute atomic E-state index is 0.576. The average Bonchev–Trinajstić information content (AvgIpc) is 2.46. The second-order valence-electron chi connectivity index (χ2n) is 4.36. The summed E-state index contributed by atoms with van der Waals surface area (Å²) in [4.78, 5) is 0. The Hall–Kier alpha value is -0.613. The van der Waals surface area contributed by atoms with Crippen molar-refractivity contribution in [2.24, 2.45) is 0 Å². The molecule has 0 atom stereocenters. The van der Waals surface area contributed by atoms with Crippen molar-refractivity contribution in [3.63, 3.8) is 0 Å². The second-order valence-corrected chi connectivity index (χ2v) is 8.05. The van der Waals surface area contributed by atoms with Gasteiger partial charge < -0.3 is 0 Å². The number of halogens is 1. The highest BCUT2D eigenvalue weighted by Crippen LogP contribution is 2.05. The summed E-state index contributed by atoms with van der Waals surface area (Å²) in [7, 11) is -0.576. The molecular formula is C16H18ISi. The Labute approximate surface area is 125 Å². The van der Waals surface area contributed by atoms with Gasteiger partial charge in [0.25, 0.3) is 0 Å². The Kier molecular flexibility index (Phi) is 5.94. The van der Waals surface area contributed by atoms with Gasteiger partial charge in [-0.3, -0.25) is 0 Å². The van der Waals surface area contributed by atoms with Crippen molar-refractivity contribution in [2.75, 3.05) is 4.43 Å². The Bertz CT molecular complexity index is 402. The van der Waals surface area contributed by atoms with Crippen LogP contribution in [-0.2, 0) is 0 Å². The molecule has 0 fully saturated rings. The quantitative estimate of drug-likeness (QED) is 0.318. The molecule has 0 bridgehead atoms. The van der Waals surface area contributed by atoms with Gasteiger partial charge in [-0.25, -0.2) is 0 Å².